The van der Waals surface area contributed by atoms with E-state index < -0.39 is 5.97 Å². The van der Waals surface area contributed by atoms with Crippen molar-refractivity contribution < 1.29 is 14.4 Å². The third-order valence-corrected chi connectivity index (χ3v) is 2.94. The van der Waals surface area contributed by atoms with Crippen LogP contribution in [-0.4, -0.2) is 32.7 Å². The van der Waals surface area contributed by atoms with E-state index in [-0.39, 0.29) is 5.69 Å². The summed E-state index contributed by atoms with van der Waals surface area (Å²) in [5, 5.41) is 12.3. The number of aryl methyl sites for hydroxylation is 1. The number of aromatic nitrogens is 2. The van der Waals surface area contributed by atoms with Gasteiger partial charge in [0.25, 0.3) is 0 Å². The first-order valence-electron chi connectivity index (χ1n) is 6.42. The molecule has 6 nitrogen and oxygen atoms in total. The van der Waals surface area contributed by atoms with E-state index in [1.165, 1.54) is 6.07 Å². The van der Waals surface area contributed by atoms with Gasteiger partial charge < -0.3 is 9.63 Å². The minimum atomic E-state index is -1.08. The van der Waals surface area contributed by atoms with Gasteiger partial charge in [0, 0.05) is 18.3 Å². The summed E-state index contributed by atoms with van der Waals surface area (Å²) in [4.78, 5) is 17.3. The third kappa shape index (κ3) is 3.64. The van der Waals surface area contributed by atoms with Crippen molar-refractivity contribution >= 4 is 5.97 Å². The van der Waals surface area contributed by atoms with Crippen LogP contribution < -0.4 is 0 Å². The fourth-order valence-corrected chi connectivity index (χ4v) is 1.90. The van der Waals surface area contributed by atoms with Crippen LogP contribution in [0.1, 0.15) is 34.6 Å². The zero-order valence-corrected chi connectivity index (χ0v) is 11.5. The van der Waals surface area contributed by atoms with Gasteiger partial charge in [0.15, 0.2) is 11.5 Å². The van der Waals surface area contributed by atoms with Gasteiger partial charge in [0.2, 0.25) is 0 Å². The van der Waals surface area contributed by atoms with Gasteiger partial charge in [0.1, 0.15) is 0 Å². The molecule has 0 aromatic carbocycles. The van der Waals surface area contributed by atoms with E-state index in [4.69, 9.17) is 9.63 Å². The van der Waals surface area contributed by atoms with E-state index in [1.54, 1.807) is 0 Å². The molecule has 0 spiro atoms. The maximum Gasteiger partial charge on any atom is 0.358 e. The SMILES string of the molecule is CCN(Cc1cccc(C)n1)Cc1cc(C(=O)O)no1. The highest BCUT2D eigenvalue weighted by atomic mass is 16.5. The Morgan fingerprint density at radius 2 is 2.20 bits per heavy atom. The number of nitrogens with zero attached hydrogens (tertiary/aromatic N) is 3. The lowest BCUT2D eigenvalue weighted by Crippen LogP contribution is -2.22. The van der Waals surface area contributed by atoms with Crippen LogP contribution in [0.4, 0.5) is 0 Å². The number of hydrogen-bond donors (Lipinski definition) is 1. The standard InChI is InChI=1S/C14H17N3O3/c1-3-17(8-11-6-4-5-10(2)15-11)9-12-7-13(14(18)19)16-20-12/h4-7H,3,8-9H2,1-2H3,(H,18,19). The molecule has 0 saturated carbocycles. The lowest BCUT2D eigenvalue weighted by molar-refractivity contribution is 0.0685. The quantitative estimate of drug-likeness (QED) is 0.869. The van der Waals surface area contributed by atoms with Gasteiger partial charge in [-0.15, -0.1) is 0 Å². The number of hydrogen-bond acceptors (Lipinski definition) is 5. The zero-order valence-electron chi connectivity index (χ0n) is 11.5. The number of carboxylic acids is 1. The molecule has 0 fully saturated rings. The van der Waals surface area contributed by atoms with Crippen molar-refractivity contribution in [2.45, 2.75) is 26.9 Å². The normalized spacial score (nSPS) is 10.9. The summed E-state index contributed by atoms with van der Waals surface area (Å²) >= 11 is 0. The van der Waals surface area contributed by atoms with Gasteiger partial charge >= 0.3 is 5.97 Å². The van der Waals surface area contributed by atoms with E-state index in [1.807, 2.05) is 32.0 Å². The average molecular weight is 275 g/mol. The molecule has 0 aliphatic carbocycles. The lowest BCUT2D eigenvalue weighted by atomic mass is 10.2. The first-order valence-corrected chi connectivity index (χ1v) is 6.42. The minimum Gasteiger partial charge on any atom is -0.476 e. The fraction of sp³-hybridized carbons (Fsp3) is 0.357. The molecule has 0 radical (unpaired) electrons. The van der Waals surface area contributed by atoms with Crippen molar-refractivity contribution in [2.75, 3.05) is 6.54 Å². The Kier molecular flexibility index (Phi) is 4.47. The summed E-state index contributed by atoms with van der Waals surface area (Å²) in [6, 6.07) is 7.35. The van der Waals surface area contributed by atoms with Crippen LogP contribution in [-0.2, 0) is 13.1 Å². The van der Waals surface area contributed by atoms with Crippen molar-refractivity contribution in [3.8, 4) is 0 Å². The van der Waals surface area contributed by atoms with Gasteiger partial charge in [-0.3, -0.25) is 9.88 Å². The molecule has 6 heteroatoms. The summed E-state index contributed by atoms with van der Waals surface area (Å²) in [5.41, 5.74) is 1.89. The number of aromatic carboxylic acids is 1. The van der Waals surface area contributed by atoms with Crippen molar-refractivity contribution in [3.05, 3.63) is 47.1 Å². The number of carbonyl (C=O) groups is 1. The van der Waals surface area contributed by atoms with Crippen molar-refractivity contribution in [1.82, 2.24) is 15.0 Å². The predicted octanol–water partition coefficient (Wildman–Crippen LogP) is 2.10. The molecule has 0 atom stereocenters. The largest absolute Gasteiger partial charge is 0.476 e. The Morgan fingerprint density at radius 3 is 2.80 bits per heavy atom. The maximum absolute atomic E-state index is 10.8. The molecule has 2 aromatic heterocycles. The fourth-order valence-electron chi connectivity index (χ4n) is 1.90. The molecule has 0 saturated heterocycles. The molecule has 1 N–H and O–H groups in total. The summed E-state index contributed by atoms with van der Waals surface area (Å²) in [6.07, 6.45) is 0. The molecule has 0 unspecified atom stereocenters. The van der Waals surface area contributed by atoms with Gasteiger partial charge in [-0.1, -0.05) is 18.1 Å². The van der Waals surface area contributed by atoms with Crippen molar-refractivity contribution in [1.29, 1.82) is 0 Å². The number of pyridine rings is 1. The topological polar surface area (TPSA) is 79.5 Å². The minimum absolute atomic E-state index is 0.0651. The molecule has 0 aliphatic rings. The molecule has 0 aliphatic heterocycles. The van der Waals surface area contributed by atoms with Gasteiger partial charge in [0.05, 0.1) is 12.2 Å². The molecule has 2 heterocycles. The van der Waals surface area contributed by atoms with Gasteiger partial charge in [-0.05, 0) is 25.6 Å². The smallest absolute Gasteiger partial charge is 0.358 e. The maximum atomic E-state index is 10.8. The molecule has 2 rings (SSSR count). The Hall–Kier alpha value is -2.21. The number of rotatable bonds is 6. The van der Waals surface area contributed by atoms with Crippen LogP contribution in [0.3, 0.4) is 0 Å². The molecule has 2 aromatic rings. The summed E-state index contributed by atoms with van der Waals surface area (Å²) in [5.74, 6) is -0.541. The summed E-state index contributed by atoms with van der Waals surface area (Å²) < 4.78 is 5.03. The first-order chi connectivity index (χ1) is 9.58. The summed E-state index contributed by atoms with van der Waals surface area (Å²) in [6.45, 7) is 5.98. The van der Waals surface area contributed by atoms with E-state index in [0.29, 0.717) is 18.8 Å². The molecule has 0 amide bonds. The molecular formula is C14H17N3O3. The molecule has 0 bridgehead atoms. The highest BCUT2D eigenvalue weighted by molar-refractivity contribution is 5.85. The van der Waals surface area contributed by atoms with E-state index >= 15 is 0 Å². The summed E-state index contributed by atoms with van der Waals surface area (Å²) in [7, 11) is 0. The van der Waals surface area contributed by atoms with Crippen molar-refractivity contribution in [2.24, 2.45) is 0 Å². The second kappa shape index (κ2) is 6.29. The highest BCUT2D eigenvalue weighted by Gasteiger charge is 2.13. The van der Waals surface area contributed by atoms with E-state index in [2.05, 4.69) is 15.0 Å². The van der Waals surface area contributed by atoms with Crippen LogP contribution in [0.15, 0.2) is 28.8 Å². The first kappa shape index (κ1) is 14.2. The third-order valence-electron chi connectivity index (χ3n) is 2.94. The van der Waals surface area contributed by atoms with Crippen LogP contribution in [0.25, 0.3) is 0 Å². The molecular weight excluding hydrogens is 258 g/mol. The lowest BCUT2D eigenvalue weighted by Gasteiger charge is -2.18. The van der Waals surface area contributed by atoms with Crippen LogP contribution in [0.5, 0.6) is 0 Å². The average Bonchev–Trinajstić information content (AvgIpc) is 2.87. The van der Waals surface area contributed by atoms with Gasteiger partial charge in [-0.2, -0.15) is 0 Å². The Balaban J connectivity index is 2.03. The monoisotopic (exact) mass is 275 g/mol. The Labute approximate surface area is 117 Å². The number of carboxylic acid groups (broad SMARTS) is 1. The van der Waals surface area contributed by atoms with Gasteiger partial charge in [-0.25, -0.2) is 4.79 Å². The van der Waals surface area contributed by atoms with Crippen LogP contribution in [0.2, 0.25) is 0 Å². The van der Waals surface area contributed by atoms with E-state index in [0.717, 1.165) is 17.9 Å². The zero-order chi connectivity index (χ0) is 14.5. The predicted molar refractivity (Wildman–Crippen MR) is 72.2 cm³/mol. The Bertz CT molecular complexity index is 595. The van der Waals surface area contributed by atoms with Crippen molar-refractivity contribution in [3.63, 3.8) is 0 Å². The highest BCUT2D eigenvalue weighted by Crippen LogP contribution is 2.10. The van der Waals surface area contributed by atoms with E-state index in [9.17, 15) is 4.79 Å². The Morgan fingerprint density at radius 1 is 1.40 bits per heavy atom. The second-order valence-corrected chi connectivity index (χ2v) is 4.56. The van der Waals surface area contributed by atoms with Crippen LogP contribution >= 0.6 is 0 Å². The molecule has 106 valence electrons. The second-order valence-electron chi connectivity index (χ2n) is 4.56. The molecule has 20 heavy (non-hydrogen) atoms. The van der Waals surface area contributed by atoms with Crippen LogP contribution in [0, 0.1) is 6.92 Å².